The molecule has 0 aliphatic heterocycles. The summed E-state index contributed by atoms with van der Waals surface area (Å²) in [5.74, 6) is -2.49. The van der Waals surface area contributed by atoms with E-state index in [1.807, 2.05) is 0 Å². The first-order valence-corrected chi connectivity index (χ1v) is 6.53. The summed E-state index contributed by atoms with van der Waals surface area (Å²) in [6.07, 6.45) is -1.50. The molecule has 0 saturated heterocycles. The van der Waals surface area contributed by atoms with E-state index < -0.39 is 25.5 Å². The molecule has 0 heterocycles. The van der Waals surface area contributed by atoms with Crippen molar-refractivity contribution >= 4 is 13.6 Å². The largest absolute Gasteiger partial charge is 0.479 e. The van der Waals surface area contributed by atoms with Gasteiger partial charge in [0.1, 0.15) is 5.78 Å². The topological polar surface area (TPSA) is 110 Å². The fourth-order valence-electron chi connectivity index (χ4n) is 1.12. The van der Waals surface area contributed by atoms with Gasteiger partial charge in [0.15, 0.2) is 6.10 Å². The average Bonchev–Trinajstić information content (AvgIpc) is 2.26. The summed E-state index contributed by atoms with van der Waals surface area (Å²) in [5.41, 5.74) is 5.55. The number of nitrogens with two attached hydrogens (primary N) is 1. The van der Waals surface area contributed by atoms with Gasteiger partial charge in [0, 0.05) is 0 Å². The van der Waals surface area contributed by atoms with Gasteiger partial charge in [-0.05, 0) is 12.5 Å². The molecule has 0 aliphatic carbocycles. The summed E-state index contributed by atoms with van der Waals surface area (Å²) < 4.78 is 16.3. The summed E-state index contributed by atoms with van der Waals surface area (Å²) in [7, 11) is -4.14. The second kappa shape index (κ2) is 5.42. The van der Waals surface area contributed by atoms with Gasteiger partial charge in [-0.25, -0.2) is 4.79 Å². The number of carboxylic acid groups (broad SMARTS) is 1. The summed E-state index contributed by atoms with van der Waals surface area (Å²) >= 11 is 0. The predicted molar refractivity (Wildman–Crippen MR) is 61.4 cm³/mol. The van der Waals surface area contributed by atoms with Gasteiger partial charge in [-0.3, -0.25) is 9.09 Å². The van der Waals surface area contributed by atoms with Gasteiger partial charge in [0.2, 0.25) is 0 Å². The Bertz CT molecular complexity index is 434. The third kappa shape index (κ3) is 3.64. The fraction of sp³-hybridized carbons (Fsp3) is 0.300. The monoisotopic (exact) mass is 259 g/mol. The molecule has 94 valence electrons. The summed E-state index contributed by atoms with van der Waals surface area (Å²) in [6.45, 7) is 1.28. The van der Waals surface area contributed by atoms with Crippen LogP contribution >= 0.6 is 7.60 Å². The van der Waals surface area contributed by atoms with E-state index in [0.29, 0.717) is 0 Å². The molecule has 0 saturated carbocycles. The van der Waals surface area contributed by atoms with E-state index in [0.717, 1.165) is 0 Å². The second-order valence-corrected chi connectivity index (χ2v) is 5.69. The Balaban J connectivity index is 2.97. The highest BCUT2D eigenvalue weighted by Gasteiger charge is 2.33. The molecule has 2 unspecified atom stereocenters. The lowest BCUT2D eigenvalue weighted by molar-refractivity contribution is -0.145. The molecule has 0 aromatic heterocycles. The quantitative estimate of drug-likeness (QED) is 0.688. The minimum Gasteiger partial charge on any atom is -0.479 e. The minimum absolute atomic E-state index is 0.287. The Morgan fingerprint density at radius 3 is 2.35 bits per heavy atom. The van der Waals surface area contributed by atoms with Gasteiger partial charge in [0.25, 0.3) is 0 Å². The molecule has 1 aromatic carbocycles. The zero-order valence-corrected chi connectivity index (χ0v) is 10.1. The van der Waals surface area contributed by atoms with E-state index >= 15 is 0 Å². The van der Waals surface area contributed by atoms with Gasteiger partial charge in [0.05, 0.1) is 0 Å². The molecule has 0 fully saturated rings. The Morgan fingerprint density at radius 2 is 1.94 bits per heavy atom. The fourth-order valence-corrected chi connectivity index (χ4v) is 1.83. The molecule has 0 radical (unpaired) electrons. The van der Waals surface area contributed by atoms with E-state index in [1.54, 1.807) is 18.2 Å². The van der Waals surface area contributed by atoms with Crippen molar-refractivity contribution < 1.29 is 23.9 Å². The molecule has 7 heteroatoms. The van der Waals surface area contributed by atoms with E-state index in [2.05, 4.69) is 0 Å². The molecule has 0 spiro atoms. The maximum Gasteiger partial charge on any atom is 0.345 e. The zero-order chi connectivity index (χ0) is 13.1. The highest BCUT2D eigenvalue weighted by atomic mass is 31.2. The van der Waals surface area contributed by atoms with Crippen LogP contribution in [-0.2, 0) is 13.9 Å². The van der Waals surface area contributed by atoms with Crippen LogP contribution in [0.5, 0.6) is 0 Å². The van der Waals surface area contributed by atoms with Crippen LogP contribution in [0.1, 0.15) is 18.6 Å². The Morgan fingerprint density at radius 1 is 1.41 bits per heavy atom. The van der Waals surface area contributed by atoms with Crippen molar-refractivity contribution in [1.82, 2.24) is 0 Å². The highest BCUT2D eigenvalue weighted by Crippen LogP contribution is 2.49. The van der Waals surface area contributed by atoms with Gasteiger partial charge < -0.3 is 15.7 Å². The average molecular weight is 259 g/mol. The highest BCUT2D eigenvalue weighted by molar-refractivity contribution is 7.53. The third-order valence-electron chi connectivity index (χ3n) is 2.10. The van der Waals surface area contributed by atoms with Crippen LogP contribution in [-0.4, -0.2) is 21.8 Å². The number of hydrogen-bond acceptors (Lipinski definition) is 4. The standard InChI is InChI=1S/C10H14NO5P/c1-7(11)17(14,15)16-9(10(12)13)8-5-3-2-4-6-8/h2-7,9H,11H2,1H3,(H,12,13)(H,14,15)/t7?,9-/m1/s1. The van der Waals surface area contributed by atoms with Crippen molar-refractivity contribution in [3.8, 4) is 0 Å². The van der Waals surface area contributed by atoms with Crippen LogP contribution in [0, 0.1) is 0 Å². The van der Waals surface area contributed by atoms with E-state index in [9.17, 15) is 14.3 Å². The molecule has 17 heavy (non-hydrogen) atoms. The molecule has 3 atom stereocenters. The van der Waals surface area contributed by atoms with E-state index in [4.69, 9.17) is 15.4 Å². The number of aliphatic carboxylic acids is 1. The van der Waals surface area contributed by atoms with Crippen molar-refractivity contribution in [2.75, 3.05) is 0 Å². The molecule has 0 amide bonds. The number of rotatable bonds is 5. The lowest BCUT2D eigenvalue weighted by Crippen LogP contribution is -2.21. The first kappa shape index (κ1) is 13.9. The summed E-state index contributed by atoms with van der Waals surface area (Å²) in [6, 6.07) is 7.93. The molecule has 6 nitrogen and oxygen atoms in total. The third-order valence-corrected chi connectivity index (χ3v) is 3.64. The van der Waals surface area contributed by atoms with Gasteiger partial charge in [-0.2, -0.15) is 0 Å². The number of benzene rings is 1. The Labute approximate surface area is 98.6 Å². The lowest BCUT2D eigenvalue weighted by atomic mass is 10.1. The predicted octanol–water partition coefficient (Wildman–Crippen LogP) is 1.32. The minimum atomic E-state index is -4.14. The molecule has 0 aliphatic rings. The van der Waals surface area contributed by atoms with Crippen molar-refractivity contribution in [2.45, 2.75) is 18.8 Å². The molecule has 4 N–H and O–H groups in total. The number of carbonyl (C=O) groups is 1. The normalized spacial score (nSPS) is 18.1. The lowest BCUT2D eigenvalue weighted by Gasteiger charge is -2.20. The number of carboxylic acids is 1. The van der Waals surface area contributed by atoms with Crippen LogP contribution in [0.2, 0.25) is 0 Å². The van der Waals surface area contributed by atoms with Gasteiger partial charge >= 0.3 is 13.6 Å². The van der Waals surface area contributed by atoms with Crippen molar-refractivity contribution in [3.63, 3.8) is 0 Å². The van der Waals surface area contributed by atoms with Crippen LogP contribution in [0.25, 0.3) is 0 Å². The Hall–Kier alpha value is -1.20. The van der Waals surface area contributed by atoms with Crippen LogP contribution in [0.15, 0.2) is 30.3 Å². The Kier molecular flexibility index (Phi) is 4.42. The van der Waals surface area contributed by atoms with Crippen LogP contribution < -0.4 is 5.73 Å². The maximum absolute atomic E-state index is 11.5. The summed E-state index contributed by atoms with van der Waals surface area (Å²) in [5, 5.41) is 8.97. The van der Waals surface area contributed by atoms with Crippen molar-refractivity contribution in [1.29, 1.82) is 0 Å². The zero-order valence-electron chi connectivity index (χ0n) is 9.19. The van der Waals surface area contributed by atoms with E-state index in [-0.39, 0.29) is 5.56 Å². The maximum atomic E-state index is 11.5. The molecular weight excluding hydrogens is 245 g/mol. The molecular formula is C10H14NO5P. The van der Waals surface area contributed by atoms with Gasteiger partial charge in [-0.1, -0.05) is 30.3 Å². The van der Waals surface area contributed by atoms with Crippen molar-refractivity contribution in [3.05, 3.63) is 35.9 Å². The number of hydrogen-bond donors (Lipinski definition) is 3. The van der Waals surface area contributed by atoms with E-state index in [1.165, 1.54) is 19.1 Å². The molecule has 1 aromatic rings. The molecule has 0 bridgehead atoms. The first-order chi connectivity index (χ1) is 7.84. The van der Waals surface area contributed by atoms with Gasteiger partial charge in [-0.15, -0.1) is 0 Å². The molecule has 1 rings (SSSR count). The van der Waals surface area contributed by atoms with Crippen LogP contribution in [0.3, 0.4) is 0 Å². The summed E-state index contributed by atoms with van der Waals surface area (Å²) in [4.78, 5) is 20.4. The SMILES string of the molecule is CC(N)P(=O)(O)O[C@@H](C(=O)O)c1ccccc1. The van der Waals surface area contributed by atoms with Crippen molar-refractivity contribution in [2.24, 2.45) is 5.73 Å². The van der Waals surface area contributed by atoms with Crippen LogP contribution in [0.4, 0.5) is 0 Å². The second-order valence-electron chi connectivity index (χ2n) is 3.54. The smallest absolute Gasteiger partial charge is 0.345 e. The first-order valence-electron chi connectivity index (χ1n) is 4.89.